The van der Waals surface area contributed by atoms with E-state index in [2.05, 4.69) is 5.32 Å². The summed E-state index contributed by atoms with van der Waals surface area (Å²) in [5.41, 5.74) is 4.74. The summed E-state index contributed by atoms with van der Waals surface area (Å²) in [6.07, 6.45) is -0.0831. The summed E-state index contributed by atoms with van der Waals surface area (Å²) in [5.74, 6) is -1.71. The number of hydrogen-bond acceptors (Lipinski definition) is 6. The first-order chi connectivity index (χ1) is 11.5. The number of ether oxygens (including phenoxy) is 1. The molecule has 0 aromatic rings. The van der Waals surface area contributed by atoms with E-state index in [9.17, 15) is 24.6 Å². The van der Waals surface area contributed by atoms with Crippen molar-refractivity contribution < 1.29 is 29.3 Å². The summed E-state index contributed by atoms with van der Waals surface area (Å²) < 4.78 is 5.17. The zero-order chi connectivity index (χ0) is 19.2. The average molecular weight is 359 g/mol. The van der Waals surface area contributed by atoms with Crippen LogP contribution in [0.3, 0.4) is 0 Å². The highest BCUT2D eigenvalue weighted by molar-refractivity contribution is 5.89. The van der Waals surface area contributed by atoms with E-state index >= 15 is 0 Å². The highest BCUT2D eigenvalue weighted by Crippen LogP contribution is 2.20. The molecule has 9 heteroatoms. The minimum atomic E-state index is -1.18. The van der Waals surface area contributed by atoms with E-state index in [1.165, 1.54) is 0 Å². The number of carboxylic acid groups (broad SMARTS) is 1. The number of amides is 2. The molecule has 1 aliphatic rings. The van der Waals surface area contributed by atoms with Crippen molar-refractivity contribution in [3.8, 4) is 0 Å². The topological polar surface area (TPSA) is 142 Å². The standard InChI is InChI=1S/C16H29N3O6/c1-16(2,3)25-15(24)18-11(6-4-5-7-17)13(21)19-9-10(20)8-12(19)14(22)23/h10-12,20H,4-9,17H2,1-3H3,(H,18,24)(H,22,23)/t10?,11-,12-/m0/s1. The summed E-state index contributed by atoms with van der Waals surface area (Å²) in [6, 6.07) is -2.02. The van der Waals surface area contributed by atoms with Crippen LogP contribution < -0.4 is 11.1 Å². The number of unbranched alkanes of at least 4 members (excludes halogenated alkanes) is 1. The Morgan fingerprint density at radius 3 is 2.48 bits per heavy atom. The van der Waals surface area contributed by atoms with Crippen LogP contribution in [0, 0.1) is 0 Å². The van der Waals surface area contributed by atoms with Crippen molar-refractivity contribution in [1.82, 2.24) is 10.2 Å². The molecule has 144 valence electrons. The minimum absolute atomic E-state index is 0.0248. The Morgan fingerprint density at radius 2 is 1.96 bits per heavy atom. The number of carbonyl (C=O) groups excluding carboxylic acids is 2. The van der Waals surface area contributed by atoms with Crippen molar-refractivity contribution in [2.75, 3.05) is 13.1 Å². The van der Waals surface area contributed by atoms with Crippen molar-refractivity contribution in [3.63, 3.8) is 0 Å². The van der Waals surface area contributed by atoms with E-state index in [4.69, 9.17) is 10.5 Å². The Balaban J connectivity index is 2.84. The molecule has 0 spiro atoms. The number of carbonyl (C=O) groups is 3. The molecule has 3 atom stereocenters. The number of nitrogens with two attached hydrogens (primary N) is 1. The molecule has 0 bridgehead atoms. The van der Waals surface area contributed by atoms with Gasteiger partial charge in [-0.25, -0.2) is 9.59 Å². The van der Waals surface area contributed by atoms with Gasteiger partial charge in [-0.1, -0.05) is 0 Å². The zero-order valence-corrected chi connectivity index (χ0v) is 15.0. The maximum Gasteiger partial charge on any atom is 0.408 e. The van der Waals surface area contributed by atoms with Gasteiger partial charge in [0, 0.05) is 13.0 Å². The van der Waals surface area contributed by atoms with E-state index in [-0.39, 0.29) is 13.0 Å². The molecule has 1 unspecified atom stereocenters. The Kier molecular flexibility index (Phi) is 7.62. The predicted molar refractivity (Wildman–Crippen MR) is 89.8 cm³/mol. The number of aliphatic hydroxyl groups is 1. The Bertz CT molecular complexity index is 491. The number of likely N-dealkylation sites (tertiary alicyclic amines) is 1. The number of β-amino-alcohol motifs (C(OH)–C–C–N with tert-alkyl or cyclic N) is 1. The molecule has 25 heavy (non-hydrogen) atoms. The first-order valence-electron chi connectivity index (χ1n) is 8.46. The van der Waals surface area contributed by atoms with E-state index in [1.54, 1.807) is 20.8 Å². The maximum atomic E-state index is 12.8. The summed E-state index contributed by atoms with van der Waals surface area (Å²) in [6.45, 7) is 5.49. The first-order valence-corrected chi connectivity index (χ1v) is 8.46. The fourth-order valence-electron chi connectivity index (χ4n) is 2.69. The van der Waals surface area contributed by atoms with Gasteiger partial charge in [-0.2, -0.15) is 0 Å². The second-order valence-corrected chi connectivity index (χ2v) is 7.22. The van der Waals surface area contributed by atoms with Gasteiger partial charge in [0.2, 0.25) is 5.91 Å². The zero-order valence-electron chi connectivity index (χ0n) is 15.0. The van der Waals surface area contributed by atoms with Crippen molar-refractivity contribution in [1.29, 1.82) is 0 Å². The van der Waals surface area contributed by atoms with Gasteiger partial charge in [0.1, 0.15) is 17.7 Å². The molecule has 2 amide bonds. The van der Waals surface area contributed by atoms with Crippen molar-refractivity contribution in [3.05, 3.63) is 0 Å². The molecule has 0 saturated carbocycles. The van der Waals surface area contributed by atoms with E-state index in [1.807, 2.05) is 0 Å². The van der Waals surface area contributed by atoms with Gasteiger partial charge < -0.3 is 30.9 Å². The largest absolute Gasteiger partial charge is 0.480 e. The predicted octanol–water partition coefficient (Wildman–Crippen LogP) is 0.0551. The molecule has 0 radical (unpaired) electrons. The number of rotatable bonds is 7. The van der Waals surface area contributed by atoms with Gasteiger partial charge in [-0.05, 0) is 46.6 Å². The number of alkyl carbamates (subject to hydrolysis) is 1. The van der Waals surface area contributed by atoms with Crippen LogP contribution >= 0.6 is 0 Å². The first kappa shape index (κ1) is 21.2. The van der Waals surface area contributed by atoms with Crippen LogP contribution in [0.25, 0.3) is 0 Å². The lowest BCUT2D eigenvalue weighted by atomic mass is 10.1. The highest BCUT2D eigenvalue weighted by Gasteiger charge is 2.41. The van der Waals surface area contributed by atoms with E-state index < -0.39 is 41.8 Å². The van der Waals surface area contributed by atoms with Gasteiger partial charge >= 0.3 is 12.1 Å². The summed E-state index contributed by atoms with van der Waals surface area (Å²) >= 11 is 0. The third-order valence-electron chi connectivity index (χ3n) is 3.78. The molecule has 1 fully saturated rings. The van der Waals surface area contributed by atoms with Crippen LogP contribution in [0.2, 0.25) is 0 Å². The van der Waals surface area contributed by atoms with Crippen molar-refractivity contribution in [2.24, 2.45) is 5.73 Å². The molecule has 0 aliphatic carbocycles. The molecule has 1 heterocycles. The SMILES string of the molecule is CC(C)(C)OC(=O)N[C@@H](CCCCN)C(=O)N1CC(O)C[C@H]1C(=O)O. The van der Waals surface area contributed by atoms with E-state index in [0.717, 1.165) is 4.90 Å². The normalized spacial score (nSPS) is 21.7. The van der Waals surface area contributed by atoms with Gasteiger partial charge in [0.05, 0.1) is 6.10 Å². The number of nitrogens with one attached hydrogen (secondary N) is 1. The molecule has 0 aromatic carbocycles. The molecular formula is C16H29N3O6. The van der Waals surface area contributed by atoms with Gasteiger partial charge in [0.25, 0.3) is 0 Å². The third-order valence-corrected chi connectivity index (χ3v) is 3.78. The quantitative estimate of drug-likeness (QED) is 0.471. The summed E-state index contributed by atoms with van der Waals surface area (Å²) in [5, 5.41) is 21.5. The molecular weight excluding hydrogens is 330 g/mol. The molecule has 0 aromatic heterocycles. The van der Waals surface area contributed by atoms with Crippen LogP contribution in [0.5, 0.6) is 0 Å². The lowest BCUT2D eigenvalue weighted by Gasteiger charge is -2.28. The smallest absolute Gasteiger partial charge is 0.408 e. The van der Waals surface area contributed by atoms with Gasteiger partial charge in [0.15, 0.2) is 0 Å². The van der Waals surface area contributed by atoms with Gasteiger partial charge in [-0.3, -0.25) is 4.79 Å². The maximum absolute atomic E-state index is 12.8. The number of carboxylic acids is 1. The second-order valence-electron chi connectivity index (χ2n) is 7.22. The van der Waals surface area contributed by atoms with Crippen LogP contribution in [-0.4, -0.2) is 70.0 Å². The Morgan fingerprint density at radius 1 is 1.32 bits per heavy atom. The Hall–Kier alpha value is -1.87. The van der Waals surface area contributed by atoms with Crippen LogP contribution in [0.4, 0.5) is 4.79 Å². The fraction of sp³-hybridized carbons (Fsp3) is 0.812. The van der Waals surface area contributed by atoms with Crippen molar-refractivity contribution >= 4 is 18.0 Å². The molecule has 1 aliphatic heterocycles. The minimum Gasteiger partial charge on any atom is -0.480 e. The molecule has 5 N–H and O–H groups in total. The van der Waals surface area contributed by atoms with Crippen molar-refractivity contribution in [2.45, 2.75) is 70.2 Å². The summed E-state index contributed by atoms with van der Waals surface area (Å²) in [7, 11) is 0. The molecule has 1 saturated heterocycles. The highest BCUT2D eigenvalue weighted by atomic mass is 16.6. The van der Waals surface area contributed by atoms with Crippen LogP contribution in [0.15, 0.2) is 0 Å². The molecule has 9 nitrogen and oxygen atoms in total. The summed E-state index contributed by atoms with van der Waals surface area (Å²) in [4.78, 5) is 37.2. The fourth-order valence-corrected chi connectivity index (χ4v) is 2.69. The van der Waals surface area contributed by atoms with Gasteiger partial charge in [-0.15, -0.1) is 0 Å². The number of aliphatic hydroxyl groups excluding tert-OH is 1. The molecule has 1 rings (SSSR count). The number of aliphatic carboxylic acids is 1. The third kappa shape index (κ3) is 6.87. The van der Waals surface area contributed by atoms with E-state index in [0.29, 0.717) is 25.8 Å². The average Bonchev–Trinajstić information content (AvgIpc) is 2.86. The second kappa shape index (κ2) is 9.00. The van der Waals surface area contributed by atoms with Crippen LogP contribution in [-0.2, 0) is 14.3 Å². The lowest BCUT2D eigenvalue weighted by Crippen LogP contribution is -2.52. The lowest BCUT2D eigenvalue weighted by molar-refractivity contribution is -0.149. The van der Waals surface area contributed by atoms with Crippen LogP contribution in [0.1, 0.15) is 46.5 Å². The monoisotopic (exact) mass is 359 g/mol. The number of hydrogen-bond donors (Lipinski definition) is 4. The Labute approximate surface area is 147 Å². The number of nitrogens with zero attached hydrogens (tertiary/aromatic N) is 1.